The SMILES string of the molecule is O=C(NCC1CCCN1)c1csc(-c2ccoc2)n1. The maximum Gasteiger partial charge on any atom is 0.270 e. The standard InChI is InChI=1S/C13H15N3O2S/c17-12(15-6-10-2-1-4-14-10)11-8-19-13(16-11)9-3-5-18-7-9/h3,5,7-8,10,14H,1-2,4,6H2,(H,15,17). The summed E-state index contributed by atoms with van der Waals surface area (Å²) in [4.78, 5) is 16.3. The van der Waals surface area contributed by atoms with Crippen LogP contribution >= 0.6 is 11.3 Å². The van der Waals surface area contributed by atoms with Crippen LogP contribution in [0.5, 0.6) is 0 Å². The van der Waals surface area contributed by atoms with Gasteiger partial charge in [-0.25, -0.2) is 4.98 Å². The summed E-state index contributed by atoms with van der Waals surface area (Å²) in [5.74, 6) is -0.111. The molecule has 3 rings (SSSR count). The summed E-state index contributed by atoms with van der Waals surface area (Å²) < 4.78 is 5.01. The quantitative estimate of drug-likeness (QED) is 0.895. The Kier molecular flexibility index (Phi) is 3.61. The summed E-state index contributed by atoms with van der Waals surface area (Å²) >= 11 is 1.45. The minimum absolute atomic E-state index is 0.111. The summed E-state index contributed by atoms with van der Waals surface area (Å²) in [5, 5.41) is 8.85. The number of nitrogens with zero attached hydrogens (tertiary/aromatic N) is 1. The monoisotopic (exact) mass is 277 g/mol. The zero-order chi connectivity index (χ0) is 13.1. The number of nitrogens with one attached hydrogen (secondary N) is 2. The van der Waals surface area contributed by atoms with E-state index in [4.69, 9.17) is 4.42 Å². The van der Waals surface area contributed by atoms with Crippen molar-refractivity contribution in [2.45, 2.75) is 18.9 Å². The maximum absolute atomic E-state index is 12.0. The number of hydrogen-bond donors (Lipinski definition) is 2. The Hall–Kier alpha value is -1.66. The van der Waals surface area contributed by atoms with Gasteiger partial charge in [0, 0.05) is 23.5 Å². The van der Waals surface area contributed by atoms with Gasteiger partial charge in [-0.3, -0.25) is 4.79 Å². The Morgan fingerprint density at radius 3 is 3.32 bits per heavy atom. The van der Waals surface area contributed by atoms with Crippen LogP contribution in [-0.4, -0.2) is 30.0 Å². The molecule has 2 N–H and O–H groups in total. The number of carbonyl (C=O) groups excluding carboxylic acids is 1. The van der Waals surface area contributed by atoms with Gasteiger partial charge in [-0.2, -0.15) is 0 Å². The molecule has 1 aliphatic rings. The zero-order valence-electron chi connectivity index (χ0n) is 10.4. The molecule has 2 aromatic heterocycles. The summed E-state index contributed by atoms with van der Waals surface area (Å²) in [7, 11) is 0. The molecule has 19 heavy (non-hydrogen) atoms. The lowest BCUT2D eigenvalue weighted by molar-refractivity contribution is 0.0946. The van der Waals surface area contributed by atoms with Crippen LogP contribution in [0.1, 0.15) is 23.3 Å². The van der Waals surface area contributed by atoms with Crippen molar-refractivity contribution in [3.8, 4) is 10.6 Å². The Morgan fingerprint density at radius 1 is 1.63 bits per heavy atom. The van der Waals surface area contributed by atoms with E-state index in [0.29, 0.717) is 18.3 Å². The van der Waals surface area contributed by atoms with Crippen molar-refractivity contribution in [2.24, 2.45) is 0 Å². The average molecular weight is 277 g/mol. The fraction of sp³-hybridized carbons (Fsp3) is 0.385. The summed E-state index contributed by atoms with van der Waals surface area (Å²) in [6, 6.07) is 2.24. The van der Waals surface area contributed by atoms with Gasteiger partial charge in [0.2, 0.25) is 0 Å². The number of furan rings is 1. The van der Waals surface area contributed by atoms with E-state index in [9.17, 15) is 4.79 Å². The fourth-order valence-corrected chi connectivity index (χ4v) is 2.92. The van der Waals surface area contributed by atoms with E-state index < -0.39 is 0 Å². The van der Waals surface area contributed by atoms with Crippen LogP contribution in [0.3, 0.4) is 0 Å². The number of carbonyl (C=O) groups is 1. The smallest absolute Gasteiger partial charge is 0.270 e. The van der Waals surface area contributed by atoms with Crippen molar-refractivity contribution >= 4 is 17.2 Å². The third kappa shape index (κ3) is 2.85. The predicted octanol–water partition coefficient (Wildman–Crippen LogP) is 1.88. The molecule has 2 aromatic rings. The van der Waals surface area contributed by atoms with Crippen molar-refractivity contribution in [1.82, 2.24) is 15.6 Å². The molecule has 100 valence electrons. The second-order valence-electron chi connectivity index (χ2n) is 4.55. The Balaban J connectivity index is 1.60. The molecule has 1 unspecified atom stereocenters. The van der Waals surface area contributed by atoms with Crippen LogP contribution in [-0.2, 0) is 0 Å². The molecular weight excluding hydrogens is 262 g/mol. The minimum atomic E-state index is -0.111. The van der Waals surface area contributed by atoms with Crippen molar-refractivity contribution < 1.29 is 9.21 Å². The van der Waals surface area contributed by atoms with E-state index in [1.54, 1.807) is 17.9 Å². The summed E-state index contributed by atoms with van der Waals surface area (Å²) in [6.07, 6.45) is 5.53. The van der Waals surface area contributed by atoms with Gasteiger partial charge in [-0.1, -0.05) is 0 Å². The highest BCUT2D eigenvalue weighted by Gasteiger charge is 2.17. The van der Waals surface area contributed by atoms with E-state index in [0.717, 1.165) is 23.5 Å². The highest BCUT2D eigenvalue weighted by molar-refractivity contribution is 7.13. The molecule has 3 heterocycles. The molecule has 1 saturated heterocycles. The average Bonchev–Trinajstić information content (AvgIpc) is 3.14. The van der Waals surface area contributed by atoms with Crippen molar-refractivity contribution in [2.75, 3.05) is 13.1 Å². The third-order valence-corrected chi connectivity index (χ3v) is 4.07. The highest BCUT2D eigenvalue weighted by Crippen LogP contribution is 2.23. The lowest BCUT2D eigenvalue weighted by atomic mass is 10.2. The Labute approximate surface area is 115 Å². The molecule has 5 nitrogen and oxygen atoms in total. The molecule has 1 aliphatic heterocycles. The van der Waals surface area contributed by atoms with Crippen LogP contribution in [0.4, 0.5) is 0 Å². The van der Waals surface area contributed by atoms with E-state index in [2.05, 4.69) is 15.6 Å². The highest BCUT2D eigenvalue weighted by atomic mass is 32.1. The first-order valence-electron chi connectivity index (χ1n) is 6.32. The van der Waals surface area contributed by atoms with Gasteiger partial charge in [0.05, 0.1) is 6.26 Å². The maximum atomic E-state index is 12.0. The second kappa shape index (κ2) is 5.54. The largest absolute Gasteiger partial charge is 0.472 e. The zero-order valence-corrected chi connectivity index (χ0v) is 11.2. The van der Waals surface area contributed by atoms with E-state index >= 15 is 0 Å². The van der Waals surface area contributed by atoms with E-state index in [1.165, 1.54) is 17.8 Å². The minimum Gasteiger partial charge on any atom is -0.472 e. The predicted molar refractivity (Wildman–Crippen MR) is 73.2 cm³/mol. The number of aromatic nitrogens is 1. The van der Waals surface area contributed by atoms with Gasteiger partial charge in [0.1, 0.15) is 17.0 Å². The molecule has 6 heteroatoms. The van der Waals surface area contributed by atoms with Crippen molar-refractivity contribution in [1.29, 1.82) is 0 Å². The summed E-state index contributed by atoms with van der Waals surface area (Å²) in [5.41, 5.74) is 1.38. The third-order valence-electron chi connectivity index (χ3n) is 3.18. The number of amides is 1. The second-order valence-corrected chi connectivity index (χ2v) is 5.41. The van der Waals surface area contributed by atoms with Gasteiger partial charge in [0.25, 0.3) is 5.91 Å². The van der Waals surface area contributed by atoms with Crippen molar-refractivity contribution in [3.63, 3.8) is 0 Å². The first kappa shape index (κ1) is 12.4. The Bertz CT molecular complexity index is 544. The van der Waals surface area contributed by atoms with Crippen molar-refractivity contribution in [3.05, 3.63) is 29.7 Å². The lowest BCUT2D eigenvalue weighted by Crippen LogP contribution is -2.37. The molecule has 0 aromatic carbocycles. The molecule has 1 amide bonds. The van der Waals surface area contributed by atoms with Crippen LogP contribution in [0.2, 0.25) is 0 Å². The first-order valence-corrected chi connectivity index (χ1v) is 7.20. The molecule has 1 atom stereocenters. The molecule has 0 aliphatic carbocycles. The van der Waals surface area contributed by atoms with Crippen LogP contribution in [0, 0.1) is 0 Å². The van der Waals surface area contributed by atoms with Gasteiger partial charge in [0.15, 0.2) is 0 Å². The molecule has 0 radical (unpaired) electrons. The van der Waals surface area contributed by atoms with Gasteiger partial charge in [-0.15, -0.1) is 11.3 Å². The Morgan fingerprint density at radius 2 is 2.58 bits per heavy atom. The molecule has 0 saturated carbocycles. The number of hydrogen-bond acceptors (Lipinski definition) is 5. The normalized spacial score (nSPS) is 18.6. The summed E-state index contributed by atoms with van der Waals surface area (Å²) in [6.45, 7) is 1.71. The van der Waals surface area contributed by atoms with Gasteiger partial charge in [-0.05, 0) is 25.5 Å². The van der Waals surface area contributed by atoms with E-state index in [-0.39, 0.29) is 5.91 Å². The molecule has 0 spiro atoms. The topological polar surface area (TPSA) is 67.2 Å². The van der Waals surface area contributed by atoms with Crippen LogP contribution in [0.25, 0.3) is 10.6 Å². The van der Waals surface area contributed by atoms with E-state index in [1.807, 2.05) is 6.07 Å². The van der Waals surface area contributed by atoms with Crippen LogP contribution < -0.4 is 10.6 Å². The lowest BCUT2D eigenvalue weighted by Gasteiger charge is -2.10. The van der Waals surface area contributed by atoms with Gasteiger partial charge < -0.3 is 15.1 Å². The molecular formula is C13H15N3O2S. The first-order chi connectivity index (χ1) is 9.33. The fourth-order valence-electron chi connectivity index (χ4n) is 2.13. The molecule has 0 bridgehead atoms. The number of rotatable bonds is 4. The van der Waals surface area contributed by atoms with Gasteiger partial charge >= 0.3 is 0 Å². The molecule has 1 fully saturated rings. The van der Waals surface area contributed by atoms with Crippen LogP contribution in [0.15, 0.2) is 28.4 Å². The number of thiazole rings is 1.